The van der Waals surface area contributed by atoms with Gasteiger partial charge in [-0.15, -0.1) is 0 Å². The lowest BCUT2D eigenvalue weighted by molar-refractivity contribution is 0.0154. The minimum Gasteiger partial charge on any atom is -0.478 e. The van der Waals surface area contributed by atoms with E-state index in [-0.39, 0.29) is 28.9 Å². The molecule has 0 N–H and O–H groups in total. The Bertz CT molecular complexity index is 1170. The fourth-order valence-electron chi connectivity index (χ4n) is 4.73. The molecule has 0 radical (unpaired) electrons. The van der Waals surface area contributed by atoms with Gasteiger partial charge < -0.3 is 9.47 Å². The lowest BCUT2D eigenvalue weighted by Gasteiger charge is -2.41. The number of ketones is 1. The number of hydrogen-bond donors (Lipinski definition) is 0. The van der Waals surface area contributed by atoms with E-state index in [0.717, 1.165) is 18.5 Å². The molecule has 7 nitrogen and oxygen atoms in total. The monoisotopic (exact) mass is 428 g/mol. The van der Waals surface area contributed by atoms with Crippen molar-refractivity contribution in [3.63, 3.8) is 0 Å². The van der Waals surface area contributed by atoms with E-state index in [1.165, 1.54) is 18.2 Å². The van der Waals surface area contributed by atoms with Gasteiger partial charge in [0.1, 0.15) is 11.4 Å². The summed E-state index contributed by atoms with van der Waals surface area (Å²) in [5.74, 6) is 0.411. The van der Waals surface area contributed by atoms with Crippen molar-refractivity contribution in [1.29, 1.82) is 0 Å². The number of fused-ring (bicyclic) bond motifs is 2. The molecule has 2 saturated heterocycles. The predicted octanol–water partition coefficient (Wildman–Crippen LogP) is 3.71. The lowest BCUT2D eigenvalue weighted by atomic mass is 9.62. The van der Waals surface area contributed by atoms with Crippen LogP contribution in [0.4, 0.5) is 8.78 Å². The second-order valence-corrected chi connectivity index (χ2v) is 8.56. The molecule has 1 aliphatic carbocycles. The zero-order chi connectivity index (χ0) is 21.8. The van der Waals surface area contributed by atoms with Crippen molar-refractivity contribution in [1.82, 2.24) is 19.4 Å². The molecule has 9 heteroatoms. The Kier molecular flexibility index (Phi) is 4.55. The zero-order valence-corrected chi connectivity index (χ0v) is 17.3. The highest BCUT2D eigenvalue weighted by Gasteiger charge is 2.61. The minimum absolute atomic E-state index is 0.0117. The maximum atomic E-state index is 12.9. The fourth-order valence-corrected chi connectivity index (χ4v) is 4.73. The smallest absolute Gasteiger partial charge is 0.280 e. The summed E-state index contributed by atoms with van der Waals surface area (Å²) in [6.45, 7) is 4.95. The highest BCUT2D eigenvalue weighted by atomic mass is 19.3. The highest BCUT2D eigenvalue weighted by Crippen LogP contribution is 2.58. The van der Waals surface area contributed by atoms with Gasteiger partial charge in [-0.1, -0.05) is 6.07 Å². The molecule has 162 valence electrons. The number of pyridine rings is 1. The van der Waals surface area contributed by atoms with Crippen LogP contribution >= 0.6 is 0 Å². The summed E-state index contributed by atoms with van der Waals surface area (Å²) < 4.78 is 39.2. The molecule has 0 amide bonds. The number of hydrogen-bond acceptors (Lipinski definition) is 6. The third-order valence-electron chi connectivity index (χ3n) is 6.06. The van der Waals surface area contributed by atoms with E-state index in [2.05, 4.69) is 16.9 Å². The lowest BCUT2D eigenvalue weighted by Crippen LogP contribution is -2.45. The van der Waals surface area contributed by atoms with Crippen molar-refractivity contribution >= 4 is 11.6 Å². The number of rotatable bonds is 7. The Hall–Kier alpha value is -2.94. The Balaban J connectivity index is 1.47. The average molecular weight is 428 g/mol. The van der Waals surface area contributed by atoms with Crippen LogP contribution in [0.1, 0.15) is 60.6 Å². The van der Waals surface area contributed by atoms with Gasteiger partial charge in [0.05, 0.1) is 24.5 Å². The van der Waals surface area contributed by atoms with Gasteiger partial charge in [-0.25, -0.2) is 18.7 Å². The first-order valence-corrected chi connectivity index (χ1v) is 10.2. The highest BCUT2D eigenvalue weighted by molar-refractivity contribution is 5.96. The molecule has 3 fully saturated rings. The number of alkyl halides is 2. The molecule has 0 aromatic carbocycles. The van der Waals surface area contributed by atoms with E-state index in [1.807, 2.05) is 13.1 Å². The molecule has 3 aromatic heterocycles. The van der Waals surface area contributed by atoms with Crippen molar-refractivity contribution in [2.45, 2.75) is 50.6 Å². The van der Waals surface area contributed by atoms with Crippen LogP contribution in [0.15, 0.2) is 30.6 Å². The molecule has 2 bridgehead atoms. The van der Waals surface area contributed by atoms with E-state index >= 15 is 0 Å². The maximum Gasteiger partial charge on any atom is 0.280 e. The third-order valence-corrected chi connectivity index (χ3v) is 6.06. The van der Waals surface area contributed by atoms with Crippen LogP contribution in [-0.2, 0) is 16.6 Å². The normalized spacial score (nSPS) is 24.5. The second-order valence-electron chi connectivity index (χ2n) is 8.56. The summed E-state index contributed by atoms with van der Waals surface area (Å²) in [7, 11) is 0. The van der Waals surface area contributed by atoms with E-state index in [1.54, 1.807) is 10.6 Å². The number of Topliss-reactive ketones (excluding diaryl/α,β-unsaturated/α-hetero) is 1. The zero-order valence-electron chi connectivity index (χ0n) is 17.3. The van der Waals surface area contributed by atoms with Crippen molar-refractivity contribution in [3.05, 3.63) is 53.2 Å². The Labute approximate surface area is 177 Å². The van der Waals surface area contributed by atoms with Crippen LogP contribution in [-0.4, -0.2) is 44.0 Å². The first kappa shape index (κ1) is 20.0. The quantitative estimate of drug-likeness (QED) is 0.534. The molecule has 2 aliphatic heterocycles. The maximum absolute atomic E-state index is 12.9. The van der Waals surface area contributed by atoms with Gasteiger partial charge >= 0.3 is 0 Å². The van der Waals surface area contributed by atoms with Crippen molar-refractivity contribution in [3.8, 4) is 5.88 Å². The van der Waals surface area contributed by atoms with Gasteiger partial charge in [0.2, 0.25) is 11.7 Å². The Morgan fingerprint density at radius 3 is 2.74 bits per heavy atom. The fraction of sp³-hybridized carbons (Fsp3) is 0.455. The summed E-state index contributed by atoms with van der Waals surface area (Å²) in [5.41, 5.74) is 0.899. The molecule has 0 atom stereocenters. The number of imidazole rings is 1. The van der Waals surface area contributed by atoms with Gasteiger partial charge in [-0.05, 0) is 38.8 Å². The predicted molar refractivity (Wildman–Crippen MR) is 107 cm³/mol. The standard InChI is InChI=1S/C22H22F2N4O3/c1-3-30-19-13(7-16(29)14-5-4-6-15(25-14)18(23)24)8-28-9-17(26-20(28)27-19)22-10-21(2,11-22)31-12-22/h4-6,8-9,18H,3,7,10-12H2,1-2H3. The Morgan fingerprint density at radius 2 is 2.06 bits per heavy atom. The molecule has 31 heavy (non-hydrogen) atoms. The number of carbonyl (C=O) groups is 1. The van der Waals surface area contributed by atoms with Crippen LogP contribution in [0.5, 0.6) is 5.88 Å². The van der Waals surface area contributed by atoms with E-state index in [9.17, 15) is 13.6 Å². The Morgan fingerprint density at radius 1 is 1.26 bits per heavy atom. The average Bonchev–Trinajstić information content (AvgIpc) is 3.39. The SMILES string of the molecule is CCOc1nc2nc(C34COC(C)(C3)C4)cn2cc1CC(=O)c1cccc(C(F)F)n1. The number of carbonyl (C=O) groups excluding carboxylic acids is 1. The molecule has 0 unspecified atom stereocenters. The van der Waals surface area contributed by atoms with Gasteiger partial charge in [0.15, 0.2) is 5.78 Å². The summed E-state index contributed by atoms with van der Waals surface area (Å²) >= 11 is 0. The van der Waals surface area contributed by atoms with Crippen LogP contribution in [0, 0.1) is 0 Å². The molecule has 3 aliphatic rings. The molecule has 0 spiro atoms. The third kappa shape index (κ3) is 3.37. The molecule has 3 aromatic rings. The molecule has 6 rings (SSSR count). The van der Waals surface area contributed by atoms with Gasteiger partial charge in [-0.2, -0.15) is 4.98 Å². The molecular weight excluding hydrogens is 406 g/mol. The number of ether oxygens (including phenoxy) is 2. The molecular formula is C22H22F2N4O3. The van der Waals surface area contributed by atoms with Crippen LogP contribution in [0.2, 0.25) is 0 Å². The van der Waals surface area contributed by atoms with Crippen molar-refractivity contribution in [2.75, 3.05) is 13.2 Å². The van der Waals surface area contributed by atoms with Crippen molar-refractivity contribution < 1.29 is 23.0 Å². The van der Waals surface area contributed by atoms with E-state index in [4.69, 9.17) is 14.5 Å². The summed E-state index contributed by atoms with van der Waals surface area (Å²) in [4.78, 5) is 25.8. The summed E-state index contributed by atoms with van der Waals surface area (Å²) in [6, 6.07) is 4.04. The van der Waals surface area contributed by atoms with Crippen LogP contribution in [0.3, 0.4) is 0 Å². The first-order valence-electron chi connectivity index (χ1n) is 10.2. The molecule has 1 saturated carbocycles. The first-order chi connectivity index (χ1) is 14.8. The van der Waals surface area contributed by atoms with Gasteiger partial charge in [0.25, 0.3) is 6.43 Å². The minimum atomic E-state index is -2.73. The van der Waals surface area contributed by atoms with E-state index < -0.39 is 12.1 Å². The number of aromatic nitrogens is 4. The van der Waals surface area contributed by atoms with Gasteiger partial charge in [-0.3, -0.25) is 9.20 Å². The topological polar surface area (TPSA) is 78.6 Å². The second kappa shape index (κ2) is 7.05. The molecule has 5 heterocycles. The number of halogens is 2. The summed E-state index contributed by atoms with van der Waals surface area (Å²) in [5, 5.41) is 0. The van der Waals surface area contributed by atoms with E-state index in [0.29, 0.717) is 30.4 Å². The van der Waals surface area contributed by atoms with Gasteiger partial charge in [0, 0.05) is 29.8 Å². The number of nitrogens with zero attached hydrogens (tertiary/aromatic N) is 4. The summed E-state index contributed by atoms with van der Waals surface area (Å²) in [6.07, 6.45) is 2.75. The van der Waals surface area contributed by atoms with Crippen LogP contribution < -0.4 is 4.74 Å². The van der Waals surface area contributed by atoms with Crippen LogP contribution in [0.25, 0.3) is 5.78 Å². The largest absolute Gasteiger partial charge is 0.478 e. The van der Waals surface area contributed by atoms with Crippen molar-refractivity contribution in [2.24, 2.45) is 0 Å².